The first-order chi connectivity index (χ1) is 9.58. The van der Waals surface area contributed by atoms with Gasteiger partial charge in [-0.05, 0) is 60.8 Å². The van der Waals surface area contributed by atoms with E-state index in [-0.39, 0.29) is 0 Å². The summed E-state index contributed by atoms with van der Waals surface area (Å²) in [5, 5.41) is 4.35. The molecule has 0 aliphatic carbocycles. The van der Waals surface area contributed by atoms with E-state index in [2.05, 4.69) is 59.4 Å². The average Bonchev–Trinajstić information content (AvgIpc) is 2.37. The fourth-order valence-electron chi connectivity index (χ4n) is 2.42. The Morgan fingerprint density at radius 3 is 2.65 bits per heavy atom. The van der Waals surface area contributed by atoms with Crippen LogP contribution in [0, 0.1) is 6.92 Å². The summed E-state index contributed by atoms with van der Waals surface area (Å²) in [6, 6.07) is 14.9. The van der Waals surface area contributed by atoms with Crippen LogP contribution in [0.25, 0.3) is 0 Å². The first-order valence-corrected chi connectivity index (χ1v) is 8.00. The lowest BCUT2D eigenvalue weighted by Gasteiger charge is -2.19. The number of benzene rings is 2. The van der Waals surface area contributed by atoms with E-state index in [4.69, 9.17) is 11.6 Å². The summed E-state index contributed by atoms with van der Waals surface area (Å²) in [7, 11) is 0. The maximum Gasteiger partial charge on any atom is 0.0408 e. The van der Waals surface area contributed by atoms with Crippen LogP contribution in [0.15, 0.2) is 46.9 Å². The Morgan fingerprint density at radius 1 is 1.20 bits per heavy atom. The molecule has 20 heavy (non-hydrogen) atoms. The van der Waals surface area contributed by atoms with Crippen LogP contribution in [-0.4, -0.2) is 6.54 Å². The Morgan fingerprint density at radius 2 is 2.00 bits per heavy atom. The van der Waals surface area contributed by atoms with Crippen molar-refractivity contribution in [2.45, 2.75) is 26.3 Å². The molecule has 0 radical (unpaired) electrons. The number of nitrogens with one attached hydrogen (secondary N) is 1. The second kappa shape index (κ2) is 7.26. The first-order valence-electron chi connectivity index (χ1n) is 6.83. The van der Waals surface area contributed by atoms with Gasteiger partial charge < -0.3 is 5.32 Å². The molecule has 0 bridgehead atoms. The minimum Gasteiger partial charge on any atom is -0.310 e. The lowest BCUT2D eigenvalue weighted by molar-refractivity contribution is 0.549. The molecule has 2 aromatic carbocycles. The van der Waals surface area contributed by atoms with E-state index in [1.165, 1.54) is 16.7 Å². The molecule has 0 saturated carbocycles. The molecule has 0 saturated heterocycles. The molecule has 0 aliphatic rings. The van der Waals surface area contributed by atoms with Gasteiger partial charge >= 0.3 is 0 Å². The summed E-state index contributed by atoms with van der Waals surface area (Å²) in [4.78, 5) is 0. The van der Waals surface area contributed by atoms with Crippen LogP contribution in [0.3, 0.4) is 0 Å². The summed E-state index contributed by atoms with van der Waals surface area (Å²) in [6.07, 6.45) is 0.935. The molecule has 0 fully saturated rings. The Balaban J connectivity index is 2.26. The highest BCUT2D eigenvalue weighted by molar-refractivity contribution is 9.10. The lowest BCUT2D eigenvalue weighted by Crippen LogP contribution is -2.23. The van der Waals surface area contributed by atoms with Crippen molar-refractivity contribution >= 4 is 27.5 Å². The number of rotatable bonds is 5. The molecule has 106 valence electrons. The van der Waals surface area contributed by atoms with Crippen molar-refractivity contribution in [1.29, 1.82) is 0 Å². The van der Waals surface area contributed by atoms with Gasteiger partial charge in [0.1, 0.15) is 0 Å². The SMILES string of the molecule is CCNC(Cc1cccc(Cl)c1)c1cc(C)cc(Br)c1. The van der Waals surface area contributed by atoms with E-state index < -0.39 is 0 Å². The van der Waals surface area contributed by atoms with Gasteiger partial charge in [-0.1, -0.05) is 52.7 Å². The van der Waals surface area contributed by atoms with Crippen LogP contribution in [-0.2, 0) is 6.42 Å². The highest BCUT2D eigenvalue weighted by Crippen LogP contribution is 2.24. The molecule has 1 N–H and O–H groups in total. The van der Waals surface area contributed by atoms with Crippen molar-refractivity contribution in [1.82, 2.24) is 5.32 Å². The summed E-state index contributed by atoms with van der Waals surface area (Å²) in [6.45, 7) is 5.20. The standard InChI is InChI=1S/C17H19BrClN/c1-3-20-17(10-13-5-4-6-16(19)9-13)14-7-12(2)8-15(18)11-14/h4-9,11,17,20H,3,10H2,1-2H3. The zero-order chi connectivity index (χ0) is 14.5. The van der Waals surface area contributed by atoms with E-state index >= 15 is 0 Å². The number of likely N-dealkylation sites (N-methyl/N-ethyl adjacent to an activating group) is 1. The molecular weight excluding hydrogens is 334 g/mol. The first kappa shape index (κ1) is 15.6. The number of hydrogen-bond acceptors (Lipinski definition) is 1. The zero-order valence-corrected chi connectivity index (χ0v) is 14.1. The second-order valence-electron chi connectivity index (χ2n) is 5.01. The van der Waals surface area contributed by atoms with Gasteiger partial charge in [0.05, 0.1) is 0 Å². The van der Waals surface area contributed by atoms with Crippen molar-refractivity contribution in [3.63, 3.8) is 0 Å². The Bertz CT molecular complexity index is 563. The largest absolute Gasteiger partial charge is 0.310 e. The Labute approximate surface area is 134 Å². The van der Waals surface area contributed by atoms with Gasteiger partial charge in [-0.2, -0.15) is 0 Å². The van der Waals surface area contributed by atoms with Crippen molar-refractivity contribution in [2.24, 2.45) is 0 Å². The van der Waals surface area contributed by atoms with Gasteiger partial charge in [-0.15, -0.1) is 0 Å². The topological polar surface area (TPSA) is 12.0 Å². The van der Waals surface area contributed by atoms with Crippen molar-refractivity contribution in [3.05, 3.63) is 68.7 Å². The minimum absolute atomic E-state index is 0.301. The van der Waals surface area contributed by atoms with Crippen molar-refractivity contribution in [2.75, 3.05) is 6.54 Å². The van der Waals surface area contributed by atoms with Gasteiger partial charge in [0.25, 0.3) is 0 Å². The van der Waals surface area contributed by atoms with Crippen LogP contribution < -0.4 is 5.32 Å². The molecular formula is C17H19BrClN. The molecule has 2 aromatic rings. The predicted octanol–water partition coefficient (Wildman–Crippen LogP) is 5.30. The van der Waals surface area contributed by atoms with Gasteiger partial charge in [0.15, 0.2) is 0 Å². The van der Waals surface area contributed by atoms with Gasteiger partial charge in [0, 0.05) is 15.5 Å². The molecule has 0 spiro atoms. The third-order valence-corrected chi connectivity index (χ3v) is 3.94. The van der Waals surface area contributed by atoms with E-state index in [0.717, 1.165) is 22.5 Å². The van der Waals surface area contributed by atoms with Crippen LogP contribution in [0.2, 0.25) is 5.02 Å². The quantitative estimate of drug-likeness (QED) is 0.769. The molecule has 3 heteroatoms. The van der Waals surface area contributed by atoms with Crippen molar-refractivity contribution < 1.29 is 0 Å². The van der Waals surface area contributed by atoms with Crippen LogP contribution in [0.1, 0.15) is 29.7 Å². The molecule has 2 rings (SSSR count). The lowest BCUT2D eigenvalue weighted by atomic mass is 9.97. The summed E-state index contributed by atoms with van der Waals surface area (Å²) < 4.78 is 1.13. The van der Waals surface area contributed by atoms with Crippen LogP contribution in [0.4, 0.5) is 0 Å². The summed E-state index contributed by atoms with van der Waals surface area (Å²) in [5.41, 5.74) is 3.82. The fourth-order valence-corrected chi connectivity index (χ4v) is 3.26. The Kier molecular flexibility index (Phi) is 5.64. The third-order valence-electron chi connectivity index (χ3n) is 3.25. The number of halogens is 2. The molecule has 1 nitrogen and oxygen atoms in total. The molecule has 0 amide bonds. The smallest absolute Gasteiger partial charge is 0.0408 e. The van der Waals surface area contributed by atoms with E-state index in [1.807, 2.05) is 18.2 Å². The van der Waals surface area contributed by atoms with Crippen molar-refractivity contribution in [3.8, 4) is 0 Å². The van der Waals surface area contributed by atoms with Crippen LogP contribution >= 0.6 is 27.5 Å². The number of aryl methyl sites for hydroxylation is 1. The molecule has 1 atom stereocenters. The third kappa shape index (κ3) is 4.34. The number of hydrogen-bond donors (Lipinski definition) is 1. The molecule has 0 aliphatic heterocycles. The van der Waals surface area contributed by atoms with Gasteiger partial charge in [-0.25, -0.2) is 0 Å². The maximum absolute atomic E-state index is 6.07. The molecule has 1 unspecified atom stereocenters. The Hall–Kier alpha value is -0.830. The zero-order valence-electron chi connectivity index (χ0n) is 11.8. The van der Waals surface area contributed by atoms with Gasteiger partial charge in [-0.3, -0.25) is 0 Å². The summed E-state index contributed by atoms with van der Waals surface area (Å²) in [5.74, 6) is 0. The van der Waals surface area contributed by atoms with Crippen LogP contribution in [0.5, 0.6) is 0 Å². The molecule has 0 aromatic heterocycles. The average molecular weight is 353 g/mol. The normalized spacial score (nSPS) is 12.4. The molecule has 0 heterocycles. The van der Waals surface area contributed by atoms with E-state index in [9.17, 15) is 0 Å². The minimum atomic E-state index is 0.301. The van der Waals surface area contributed by atoms with Gasteiger partial charge in [0.2, 0.25) is 0 Å². The monoisotopic (exact) mass is 351 g/mol. The highest BCUT2D eigenvalue weighted by atomic mass is 79.9. The fraction of sp³-hybridized carbons (Fsp3) is 0.294. The summed E-state index contributed by atoms with van der Waals surface area (Å²) >= 11 is 9.65. The maximum atomic E-state index is 6.07. The predicted molar refractivity (Wildman–Crippen MR) is 90.5 cm³/mol. The highest BCUT2D eigenvalue weighted by Gasteiger charge is 2.12. The van der Waals surface area contributed by atoms with E-state index in [1.54, 1.807) is 0 Å². The van der Waals surface area contributed by atoms with E-state index in [0.29, 0.717) is 6.04 Å². The second-order valence-corrected chi connectivity index (χ2v) is 6.36.